The lowest BCUT2D eigenvalue weighted by Crippen LogP contribution is -2.37. The van der Waals surface area contributed by atoms with E-state index in [0.29, 0.717) is 88.9 Å². The summed E-state index contributed by atoms with van der Waals surface area (Å²) in [5, 5.41) is 14.6. The average Bonchev–Trinajstić information content (AvgIpc) is 4.13. The molecule has 0 atom stereocenters. The van der Waals surface area contributed by atoms with Crippen molar-refractivity contribution in [3.63, 3.8) is 0 Å². The highest BCUT2D eigenvalue weighted by Gasteiger charge is 2.25. The first-order chi connectivity index (χ1) is 38.3. The van der Waals surface area contributed by atoms with E-state index in [1.54, 1.807) is 99.3 Å². The van der Waals surface area contributed by atoms with Gasteiger partial charge in [-0.1, -0.05) is 18.2 Å². The van der Waals surface area contributed by atoms with Gasteiger partial charge in [-0.05, 0) is 112 Å². The van der Waals surface area contributed by atoms with Crippen LogP contribution in [0.3, 0.4) is 0 Å². The van der Waals surface area contributed by atoms with Crippen LogP contribution in [0.4, 0.5) is 22.1 Å². The number of methoxy groups -OCH3 is 2. The molecule has 25 nitrogen and oxygen atoms in total. The molecule has 3 heterocycles. The number of rotatable bonds is 26. The zero-order valence-electron chi connectivity index (χ0n) is 48.0. The summed E-state index contributed by atoms with van der Waals surface area (Å²) in [6.45, 7) is 18.9. The van der Waals surface area contributed by atoms with Crippen molar-refractivity contribution in [2.45, 2.75) is 80.1 Å². The number of nitrogens with one attached hydrogen (secondary N) is 2. The number of carbonyl (C=O) groups is 6. The minimum Gasteiger partial charge on any atom is -0.494 e. The minimum atomic E-state index is -0.765. The first-order valence-electron chi connectivity index (χ1n) is 25.3. The molecule has 5 rings (SSSR count). The second-order valence-corrected chi connectivity index (χ2v) is 17.8. The third-order valence-electron chi connectivity index (χ3n) is 10.7. The lowest BCUT2D eigenvalue weighted by atomic mass is 10.1. The van der Waals surface area contributed by atoms with Gasteiger partial charge in [-0.3, -0.25) is 48.7 Å². The molecule has 5 aromatic rings. The molecule has 0 fully saturated rings. The maximum absolute atomic E-state index is 13.6. The fourth-order valence-electron chi connectivity index (χ4n) is 7.40. The number of nitrogens with two attached hydrogens (primary N) is 3. The summed E-state index contributed by atoms with van der Waals surface area (Å²) < 4.78 is 26.7. The number of primary amides is 1. The van der Waals surface area contributed by atoms with Crippen LogP contribution in [0, 0.1) is 13.8 Å². The Hall–Kier alpha value is -8.81. The normalized spacial score (nSPS) is 11.2. The van der Waals surface area contributed by atoms with Gasteiger partial charge in [-0.15, -0.1) is 0 Å². The van der Waals surface area contributed by atoms with Crippen LogP contribution < -0.4 is 42.2 Å². The predicted molar refractivity (Wildman–Crippen MR) is 312 cm³/mol. The number of amides is 3. The number of carbonyl (C=O) groups excluding carboxylic acids is 6. The number of hydrogen-bond acceptors (Lipinski definition) is 19. The van der Waals surface area contributed by atoms with Gasteiger partial charge in [0, 0.05) is 76.9 Å². The van der Waals surface area contributed by atoms with Crippen molar-refractivity contribution in [2.75, 3.05) is 78.6 Å². The minimum absolute atomic E-state index is 0.0562. The number of imidazole rings is 1. The van der Waals surface area contributed by atoms with Gasteiger partial charge in [0.2, 0.25) is 11.9 Å². The predicted octanol–water partition coefficient (Wildman–Crippen LogP) is 5.80. The van der Waals surface area contributed by atoms with Crippen LogP contribution in [-0.4, -0.2) is 158 Å². The molecule has 0 saturated carbocycles. The maximum Gasteiger partial charge on any atom is 0.414 e. The molecular weight excluding hydrogens is 1030 g/mol. The molecule has 0 saturated heterocycles. The summed E-state index contributed by atoms with van der Waals surface area (Å²) in [7, 11) is 8.02. The third-order valence-corrected chi connectivity index (χ3v) is 10.7. The number of hydrogen-bond donors (Lipinski definition) is 5. The maximum atomic E-state index is 13.6. The molecule has 0 unspecified atom stereocenters. The van der Waals surface area contributed by atoms with Gasteiger partial charge < -0.3 is 55.7 Å². The summed E-state index contributed by atoms with van der Waals surface area (Å²) in [6, 6.07) is 9.76. The highest BCUT2D eigenvalue weighted by Crippen LogP contribution is 2.39. The van der Waals surface area contributed by atoms with E-state index < -0.39 is 23.5 Å². The Morgan fingerprint density at radius 2 is 1.56 bits per heavy atom. The molecular formula is C55H79N15O10. The lowest BCUT2D eigenvalue weighted by Gasteiger charge is -2.27. The van der Waals surface area contributed by atoms with Crippen molar-refractivity contribution < 1.29 is 47.7 Å². The van der Waals surface area contributed by atoms with Crippen LogP contribution in [0.5, 0.6) is 11.5 Å². The SMILES string of the molecule is C=Nc1cc(C(N)=O)cc(OC/C=C/CN=C/C(=C\N)N(CCC=O)C(=O)OC(C)(C)C)c1N(C/C=C/Cn1c(NC(=O)c2cc(C)nn2CC)nc2cc(C=O)cc(OC)c21)CNC.CCn1nc(C)cc1C=O.CN.COC. The van der Waals surface area contributed by atoms with Crippen molar-refractivity contribution in [1.82, 2.24) is 39.3 Å². The van der Waals surface area contributed by atoms with E-state index in [-0.39, 0.29) is 49.9 Å². The van der Waals surface area contributed by atoms with Gasteiger partial charge in [-0.25, -0.2) is 9.78 Å². The van der Waals surface area contributed by atoms with Gasteiger partial charge in [-0.2, -0.15) is 10.2 Å². The lowest BCUT2D eigenvalue weighted by molar-refractivity contribution is -0.108. The van der Waals surface area contributed by atoms with E-state index in [4.69, 9.17) is 25.7 Å². The molecule has 25 heteroatoms. The second kappa shape index (κ2) is 34.9. The molecule has 0 aliphatic carbocycles. The molecule has 2 aromatic carbocycles. The van der Waals surface area contributed by atoms with Gasteiger partial charge in [0.1, 0.15) is 58.9 Å². The van der Waals surface area contributed by atoms with Crippen molar-refractivity contribution in [2.24, 2.45) is 27.2 Å². The van der Waals surface area contributed by atoms with Crippen LogP contribution >= 0.6 is 0 Å². The summed E-state index contributed by atoms with van der Waals surface area (Å²) in [6.07, 6.45) is 11.5. The average molecular weight is 1110 g/mol. The van der Waals surface area contributed by atoms with Crippen LogP contribution in [-0.2, 0) is 33.9 Å². The Morgan fingerprint density at radius 1 is 0.887 bits per heavy atom. The first kappa shape index (κ1) is 67.3. The standard InChI is InChI=1S/C45H58N12O8.C7H10N2O.C2H6O.CH5N/c1-9-57-36(21-30(2)53-57)42(61)52-43-51-35-22-31(28-59)23-37(63-8)40(35)56(43)17-12-11-16-54(29-48-6)39-34(49-7)24-32(41(47)60)25-38(39)64-20-13-10-15-50-27-33(26-46)55(18-14-19-58)44(62)65-45(3,4)5;1-3-9-7(5-10)4-6(2)8-9;1-3-2;1-2/h10-13,19,21-28,48H,7,9,14-18,20,29,46H2,1-6,8H3,(H2,47,60)(H,51,52,61);4-5H,3H2,1-2H3;1-2H3;2H2,1H3/b12-11+,13-10+,33-26+,50-27?;;;. The number of aryl methyl sites for hydroxylation is 4. The van der Waals surface area contributed by atoms with Crippen LogP contribution in [0.2, 0.25) is 0 Å². The number of benzene rings is 2. The Kier molecular flexibility index (Phi) is 29.3. The second-order valence-electron chi connectivity index (χ2n) is 17.8. The molecule has 3 amide bonds. The van der Waals surface area contributed by atoms with Gasteiger partial charge in [0.05, 0.1) is 48.6 Å². The quantitative estimate of drug-likeness (QED) is 0.0189. The summed E-state index contributed by atoms with van der Waals surface area (Å²) >= 11 is 0. The van der Waals surface area contributed by atoms with Gasteiger partial charge in [0.25, 0.3) is 5.91 Å². The molecule has 80 heavy (non-hydrogen) atoms. The highest BCUT2D eigenvalue weighted by atomic mass is 16.6. The van der Waals surface area contributed by atoms with E-state index in [9.17, 15) is 28.8 Å². The van der Waals surface area contributed by atoms with Crippen LogP contribution in [0.1, 0.15) is 94.1 Å². The highest BCUT2D eigenvalue weighted by molar-refractivity contribution is 6.03. The number of ether oxygens (including phenoxy) is 4. The molecule has 0 aliphatic heterocycles. The monoisotopic (exact) mass is 1110 g/mol. The number of anilines is 2. The number of aliphatic imine (C=N–C) groups is 2. The Bertz CT molecular complexity index is 2960. The topological polar surface area (TPSA) is 326 Å². The number of nitrogens with zero attached hydrogens (tertiary/aromatic N) is 10. The fraction of sp³-hybridized carbons (Fsp3) is 0.400. The molecule has 0 bridgehead atoms. The summed E-state index contributed by atoms with van der Waals surface area (Å²) in [4.78, 5) is 88.4. The number of aromatic nitrogens is 6. The van der Waals surface area contributed by atoms with E-state index in [1.165, 1.54) is 43.6 Å². The molecule has 0 radical (unpaired) electrons. The number of allylic oxidation sites excluding steroid dienone is 2. The van der Waals surface area contributed by atoms with E-state index >= 15 is 0 Å². The molecule has 3 aromatic heterocycles. The van der Waals surface area contributed by atoms with Gasteiger partial charge in [0.15, 0.2) is 6.29 Å². The number of fused-ring (bicyclic) bond motifs is 1. The van der Waals surface area contributed by atoms with E-state index in [0.717, 1.165) is 18.5 Å². The van der Waals surface area contributed by atoms with Crippen LogP contribution in [0.15, 0.2) is 82.6 Å². The van der Waals surface area contributed by atoms with Crippen molar-refractivity contribution in [3.8, 4) is 11.5 Å². The Labute approximate surface area is 467 Å². The van der Waals surface area contributed by atoms with Crippen LogP contribution in [0.25, 0.3) is 11.0 Å². The largest absolute Gasteiger partial charge is 0.494 e. The van der Waals surface area contributed by atoms with Gasteiger partial charge >= 0.3 is 6.09 Å². The molecule has 434 valence electrons. The smallest absolute Gasteiger partial charge is 0.414 e. The van der Waals surface area contributed by atoms with Crippen molar-refractivity contribution in [3.05, 3.63) is 107 Å². The Morgan fingerprint density at radius 3 is 2.12 bits per heavy atom. The summed E-state index contributed by atoms with van der Waals surface area (Å²) in [5.74, 6) is -0.167. The first-order valence-corrected chi connectivity index (χ1v) is 25.3. The van der Waals surface area contributed by atoms with E-state index in [2.05, 4.69) is 53.0 Å². The zero-order chi connectivity index (χ0) is 60.0. The Balaban J connectivity index is 0.00000127. The molecule has 8 N–H and O–H groups in total. The summed E-state index contributed by atoms with van der Waals surface area (Å²) in [5.41, 5.74) is 20.5. The molecule has 0 aliphatic rings. The van der Waals surface area contributed by atoms with Crippen molar-refractivity contribution >= 4 is 78.1 Å². The zero-order valence-corrected chi connectivity index (χ0v) is 48.0. The van der Waals surface area contributed by atoms with E-state index in [1.807, 2.05) is 37.8 Å². The number of aldehydes is 3. The fourth-order valence-corrected chi connectivity index (χ4v) is 7.40. The van der Waals surface area contributed by atoms with Crippen molar-refractivity contribution in [1.29, 1.82) is 0 Å². The third kappa shape index (κ3) is 20.2. The molecule has 0 spiro atoms.